The number of hydrogen-bond donors (Lipinski definition) is 2. The number of rotatable bonds is 3. The molecule has 0 spiro atoms. The van der Waals surface area contributed by atoms with E-state index >= 15 is 0 Å². The standard InChI is InChI=1S/C19H12N2O4S/c20-8-13(5-11-1-3-15(22)16(23)6-11)19-21-14(9-26-19)12-2-4-17-18(7-12)25-10-24-17/h1-7,9,22-23H,10H2. The Morgan fingerprint density at radius 1 is 1.12 bits per heavy atom. The van der Waals surface area contributed by atoms with Crippen molar-refractivity contribution in [2.75, 3.05) is 6.79 Å². The van der Waals surface area contributed by atoms with Crippen molar-refractivity contribution in [3.8, 4) is 40.3 Å². The summed E-state index contributed by atoms with van der Waals surface area (Å²) in [5.41, 5.74) is 2.57. The third-order valence-electron chi connectivity index (χ3n) is 3.83. The lowest BCUT2D eigenvalue weighted by atomic mass is 10.1. The average Bonchev–Trinajstić information content (AvgIpc) is 3.31. The van der Waals surface area contributed by atoms with Crippen LogP contribution in [0.2, 0.25) is 0 Å². The van der Waals surface area contributed by atoms with E-state index in [1.165, 1.54) is 23.5 Å². The topological polar surface area (TPSA) is 95.6 Å². The smallest absolute Gasteiger partial charge is 0.231 e. The largest absolute Gasteiger partial charge is 0.504 e. The zero-order valence-corrected chi connectivity index (χ0v) is 14.2. The van der Waals surface area contributed by atoms with Crippen LogP contribution in [0, 0.1) is 11.3 Å². The Morgan fingerprint density at radius 2 is 1.96 bits per heavy atom. The molecule has 4 rings (SSSR count). The minimum Gasteiger partial charge on any atom is -0.504 e. The number of phenols is 2. The molecule has 2 N–H and O–H groups in total. The first-order valence-electron chi connectivity index (χ1n) is 7.64. The van der Waals surface area contributed by atoms with Crippen LogP contribution >= 0.6 is 11.3 Å². The molecule has 128 valence electrons. The monoisotopic (exact) mass is 364 g/mol. The number of allylic oxidation sites excluding steroid dienone is 1. The summed E-state index contributed by atoms with van der Waals surface area (Å²) in [5.74, 6) is 0.929. The number of benzene rings is 2. The molecule has 1 aliphatic heterocycles. The van der Waals surface area contributed by atoms with E-state index in [-0.39, 0.29) is 18.3 Å². The van der Waals surface area contributed by atoms with Crippen molar-refractivity contribution in [3.63, 3.8) is 0 Å². The van der Waals surface area contributed by atoms with E-state index in [9.17, 15) is 15.5 Å². The number of phenolic OH excluding ortho intramolecular Hbond substituents is 2. The maximum absolute atomic E-state index is 9.59. The van der Waals surface area contributed by atoms with Crippen molar-refractivity contribution >= 4 is 23.0 Å². The van der Waals surface area contributed by atoms with E-state index in [2.05, 4.69) is 11.1 Å². The predicted octanol–water partition coefficient (Wildman–Crippen LogP) is 4.01. The van der Waals surface area contributed by atoms with Crippen LogP contribution in [0.5, 0.6) is 23.0 Å². The fourth-order valence-electron chi connectivity index (χ4n) is 2.52. The van der Waals surface area contributed by atoms with Crippen molar-refractivity contribution in [2.45, 2.75) is 0 Å². The molecule has 2 heterocycles. The van der Waals surface area contributed by atoms with E-state index in [0.29, 0.717) is 27.6 Å². The summed E-state index contributed by atoms with van der Waals surface area (Å²) < 4.78 is 10.7. The Hall–Kier alpha value is -3.50. The molecule has 0 fully saturated rings. The normalized spacial score (nSPS) is 12.8. The van der Waals surface area contributed by atoms with Crippen LogP contribution < -0.4 is 9.47 Å². The van der Waals surface area contributed by atoms with Gasteiger partial charge in [-0.1, -0.05) is 6.07 Å². The summed E-state index contributed by atoms with van der Waals surface area (Å²) in [6, 6.07) is 12.1. The zero-order chi connectivity index (χ0) is 18.1. The lowest BCUT2D eigenvalue weighted by molar-refractivity contribution is 0.174. The number of aromatic hydroxyl groups is 2. The van der Waals surface area contributed by atoms with Crippen LogP contribution in [0.25, 0.3) is 22.9 Å². The van der Waals surface area contributed by atoms with Gasteiger partial charge in [-0.25, -0.2) is 4.98 Å². The van der Waals surface area contributed by atoms with Crippen molar-refractivity contribution in [3.05, 3.63) is 52.3 Å². The highest BCUT2D eigenvalue weighted by Gasteiger charge is 2.16. The second-order valence-corrected chi connectivity index (χ2v) is 6.38. The third kappa shape index (κ3) is 2.94. The van der Waals surface area contributed by atoms with Gasteiger partial charge in [0.25, 0.3) is 0 Å². The van der Waals surface area contributed by atoms with Crippen LogP contribution in [0.1, 0.15) is 10.6 Å². The highest BCUT2D eigenvalue weighted by molar-refractivity contribution is 7.11. The first kappa shape index (κ1) is 16.0. The molecule has 6 nitrogen and oxygen atoms in total. The molecule has 2 aromatic carbocycles. The van der Waals surface area contributed by atoms with Gasteiger partial charge in [0.2, 0.25) is 6.79 Å². The minimum absolute atomic E-state index is 0.208. The van der Waals surface area contributed by atoms with Gasteiger partial charge in [0.1, 0.15) is 11.1 Å². The second kappa shape index (κ2) is 6.43. The summed E-state index contributed by atoms with van der Waals surface area (Å²) in [6.07, 6.45) is 1.61. The van der Waals surface area contributed by atoms with Crippen LogP contribution in [0.4, 0.5) is 0 Å². The Morgan fingerprint density at radius 3 is 2.77 bits per heavy atom. The van der Waals surface area contributed by atoms with Gasteiger partial charge in [0, 0.05) is 10.9 Å². The van der Waals surface area contributed by atoms with Crippen molar-refractivity contribution in [1.82, 2.24) is 4.98 Å². The number of fused-ring (bicyclic) bond motifs is 1. The fourth-order valence-corrected chi connectivity index (χ4v) is 3.32. The molecular weight excluding hydrogens is 352 g/mol. The molecule has 1 aliphatic rings. The molecular formula is C19H12N2O4S. The summed E-state index contributed by atoms with van der Waals surface area (Å²) in [6.45, 7) is 0.210. The zero-order valence-electron chi connectivity index (χ0n) is 13.3. The van der Waals surface area contributed by atoms with Gasteiger partial charge in [-0.3, -0.25) is 0 Å². The van der Waals surface area contributed by atoms with Gasteiger partial charge in [0.15, 0.2) is 23.0 Å². The molecule has 0 bridgehead atoms. The highest BCUT2D eigenvalue weighted by atomic mass is 32.1. The Bertz CT molecular complexity index is 1070. The van der Waals surface area contributed by atoms with Gasteiger partial charge in [-0.2, -0.15) is 5.26 Å². The van der Waals surface area contributed by atoms with Gasteiger partial charge >= 0.3 is 0 Å². The van der Waals surface area contributed by atoms with E-state index < -0.39 is 0 Å². The molecule has 7 heteroatoms. The number of nitrogens with zero attached hydrogens (tertiary/aromatic N) is 2. The average molecular weight is 364 g/mol. The van der Waals surface area contributed by atoms with E-state index in [1.54, 1.807) is 12.1 Å². The van der Waals surface area contributed by atoms with Crippen LogP contribution in [-0.4, -0.2) is 22.0 Å². The van der Waals surface area contributed by atoms with Crippen LogP contribution in [-0.2, 0) is 0 Å². The molecule has 0 aliphatic carbocycles. The van der Waals surface area contributed by atoms with Crippen LogP contribution in [0.15, 0.2) is 41.8 Å². The first-order valence-corrected chi connectivity index (χ1v) is 8.52. The molecule has 26 heavy (non-hydrogen) atoms. The number of thiazole rings is 1. The lowest BCUT2D eigenvalue weighted by Gasteiger charge is -2.00. The summed E-state index contributed by atoms with van der Waals surface area (Å²) >= 11 is 1.35. The van der Waals surface area contributed by atoms with E-state index in [4.69, 9.17) is 9.47 Å². The summed E-state index contributed by atoms with van der Waals surface area (Å²) in [7, 11) is 0. The molecule has 1 aromatic heterocycles. The maximum Gasteiger partial charge on any atom is 0.231 e. The van der Waals surface area contributed by atoms with Crippen molar-refractivity contribution in [2.24, 2.45) is 0 Å². The number of ether oxygens (including phenoxy) is 2. The fraction of sp³-hybridized carbons (Fsp3) is 0.0526. The summed E-state index contributed by atoms with van der Waals surface area (Å²) in [4.78, 5) is 4.53. The van der Waals surface area contributed by atoms with Crippen molar-refractivity contribution in [1.29, 1.82) is 5.26 Å². The Labute approximate surface area is 152 Å². The molecule has 0 atom stereocenters. The molecule has 3 aromatic rings. The number of nitriles is 1. The molecule has 0 saturated heterocycles. The van der Waals surface area contributed by atoms with Crippen molar-refractivity contribution < 1.29 is 19.7 Å². The molecule has 0 unspecified atom stereocenters. The Kier molecular flexibility index (Phi) is 3.95. The van der Waals surface area contributed by atoms with E-state index in [1.807, 2.05) is 23.6 Å². The Balaban J connectivity index is 1.66. The molecule has 0 radical (unpaired) electrons. The van der Waals surface area contributed by atoms with Gasteiger partial charge < -0.3 is 19.7 Å². The molecule has 0 saturated carbocycles. The predicted molar refractivity (Wildman–Crippen MR) is 96.9 cm³/mol. The summed E-state index contributed by atoms with van der Waals surface area (Å²) in [5, 5.41) is 30.9. The first-order chi connectivity index (χ1) is 12.6. The van der Waals surface area contributed by atoms with E-state index in [0.717, 1.165) is 11.3 Å². The van der Waals surface area contributed by atoms with Gasteiger partial charge in [-0.05, 0) is 42.0 Å². The lowest BCUT2D eigenvalue weighted by Crippen LogP contribution is -1.92. The maximum atomic E-state index is 9.59. The number of hydrogen-bond acceptors (Lipinski definition) is 7. The quantitative estimate of drug-likeness (QED) is 0.538. The third-order valence-corrected chi connectivity index (χ3v) is 4.71. The minimum atomic E-state index is -0.240. The second-order valence-electron chi connectivity index (χ2n) is 5.52. The molecule has 0 amide bonds. The number of aromatic nitrogens is 1. The van der Waals surface area contributed by atoms with Gasteiger partial charge in [0.05, 0.1) is 11.3 Å². The van der Waals surface area contributed by atoms with Gasteiger partial charge in [-0.15, -0.1) is 11.3 Å². The van der Waals surface area contributed by atoms with Crippen LogP contribution in [0.3, 0.4) is 0 Å². The SMILES string of the molecule is N#CC(=Cc1ccc(O)c(O)c1)c1nc(-c2ccc3c(c2)OCO3)cs1. The highest BCUT2D eigenvalue weighted by Crippen LogP contribution is 2.37.